The Morgan fingerprint density at radius 2 is 1.88 bits per heavy atom. The monoisotopic (exact) mass is 335 g/mol. The third kappa shape index (κ3) is 2.92. The van der Waals surface area contributed by atoms with Crippen LogP contribution in [0.5, 0.6) is 0 Å². The highest BCUT2D eigenvalue weighted by Gasteiger charge is 2.52. The Morgan fingerprint density at radius 3 is 2.56 bits per heavy atom. The predicted molar refractivity (Wildman–Crippen MR) is 99.9 cm³/mol. The minimum atomic E-state index is -0.919. The van der Waals surface area contributed by atoms with Gasteiger partial charge in [-0.3, -0.25) is 0 Å². The second kappa shape index (κ2) is 5.91. The molecule has 1 fully saturated rings. The minimum absolute atomic E-state index is 0.0511. The Morgan fingerprint density at radius 1 is 1.12 bits per heavy atom. The van der Waals surface area contributed by atoms with Gasteiger partial charge in [0.25, 0.3) is 0 Å². The molecule has 1 amide bonds. The topological polar surface area (TPSA) is 49.3 Å². The van der Waals surface area contributed by atoms with Crippen molar-refractivity contribution in [1.29, 1.82) is 0 Å². The number of hydrogen-bond acceptors (Lipinski definition) is 1. The molecule has 0 radical (unpaired) electrons. The van der Waals surface area contributed by atoms with Crippen molar-refractivity contribution in [3.05, 3.63) is 59.2 Å². The van der Waals surface area contributed by atoms with Crippen molar-refractivity contribution in [2.75, 3.05) is 0 Å². The number of benzene rings is 2. The fourth-order valence-electron chi connectivity index (χ4n) is 4.27. The van der Waals surface area contributed by atoms with Gasteiger partial charge in [-0.15, -0.1) is 0 Å². The molecular weight excluding hydrogens is 310 g/mol. The molecule has 3 heteroatoms. The lowest BCUT2D eigenvalue weighted by molar-refractivity contribution is 0.178. The van der Waals surface area contributed by atoms with Crippen LogP contribution in [0.2, 0.25) is 0 Å². The summed E-state index contributed by atoms with van der Waals surface area (Å²) in [5.41, 5.74) is 6.45. The van der Waals surface area contributed by atoms with E-state index in [2.05, 4.69) is 61.6 Å². The number of carboxylic acid groups (broad SMARTS) is 1. The van der Waals surface area contributed by atoms with Crippen LogP contribution in [0, 0.1) is 5.41 Å². The molecule has 0 aromatic heterocycles. The first kappa shape index (κ1) is 16.2. The second-order valence-electron chi connectivity index (χ2n) is 7.94. The molecule has 2 aromatic carbocycles. The first-order chi connectivity index (χ1) is 12.0. The summed E-state index contributed by atoms with van der Waals surface area (Å²) in [5, 5.41) is 12.0. The van der Waals surface area contributed by atoms with Gasteiger partial charge in [-0.2, -0.15) is 0 Å². The average Bonchev–Trinajstić information content (AvgIpc) is 3.37. The maximum Gasteiger partial charge on any atom is 0.405 e. The maximum atomic E-state index is 11.3. The lowest BCUT2D eigenvalue weighted by Crippen LogP contribution is -2.36. The highest BCUT2D eigenvalue weighted by atomic mass is 16.4. The van der Waals surface area contributed by atoms with Crippen LogP contribution in [-0.2, 0) is 6.42 Å². The standard InChI is InChI=1S/C22H25NO2/c1-14(2)15-4-3-5-16(12-15)17-6-7-19-18(13-17)8-9-22(10-11-22)20(19)23-21(24)25/h3-7,12-14,20,23H,8-11H2,1-2H3,(H,24,25). The summed E-state index contributed by atoms with van der Waals surface area (Å²) in [7, 11) is 0. The number of nitrogens with one attached hydrogen (secondary N) is 1. The molecule has 1 spiro atoms. The number of carbonyl (C=O) groups is 1. The van der Waals surface area contributed by atoms with Crippen LogP contribution in [0.15, 0.2) is 42.5 Å². The molecule has 0 saturated heterocycles. The van der Waals surface area contributed by atoms with Crippen molar-refractivity contribution in [3.63, 3.8) is 0 Å². The predicted octanol–water partition coefficient (Wildman–Crippen LogP) is 5.51. The van der Waals surface area contributed by atoms with Crippen molar-refractivity contribution in [2.45, 2.75) is 51.5 Å². The lowest BCUT2D eigenvalue weighted by Gasteiger charge is -2.34. The van der Waals surface area contributed by atoms with E-state index in [1.807, 2.05) is 0 Å². The number of fused-ring (bicyclic) bond motifs is 1. The molecule has 0 heterocycles. The van der Waals surface area contributed by atoms with Crippen LogP contribution in [0.4, 0.5) is 4.79 Å². The fourth-order valence-corrected chi connectivity index (χ4v) is 4.27. The van der Waals surface area contributed by atoms with Gasteiger partial charge >= 0.3 is 6.09 Å². The van der Waals surface area contributed by atoms with Gasteiger partial charge in [-0.05, 0) is 64.8 Å². The SMILES string of the molecule is CC(C)c1cccc(-c2ccc3c(c2)CCC2(CC2)C3NC(=O)O)c1. The number of aryl methyl sites for hydroxylation is 1. The minimum Gasteiger partial charge on any atom is -0.465 e. The first-order valence-corrected chi connectivity index (χ1v) is 9.21. The van der Waals surface area contributed by atoms with E-state index in [9.17, 15) is 9.90 Å². The molecule has 2 aliphatic carbocycles. The van der Waals surface area contributed by atoms with E-state index in [1.54, 1.807) is 0 Å². The zero-order valence-corrected chi connectivity index (χ0v) is 14.9. The Bertz CT molecular complexity index is 821. The van der Waals surface area contributed by atoms with Gasteiger partial charge in [0.05, 0.1) is 6.04 Å². The Kier molecular flexibility index (Phi) is 3.82. The summed E-state index contributed by atoms with van der Waals surface area (Å²) < 4.78 is 0. The largest absolute Gasteiger partial charge is 0.465 e. The molecule has 1 atom stereocenters. The summed E-state index contributed by atoms with van der Waals surface area (Å²) in [4.78, 5) is 11.3. The van der Waals surface area contributed by atoms with Crippen molar-refractivity contribution in [2.24, 2.45) is 5.41 Å². The van der Waals surface area contributed by atoms with E-state index < -0.39 is 6.09 Å². The Hall–Kier alpha value is -2.29. The zero-order valence-electron chi connectivity index (χ0n) is 14.9. The summed E-state index contributed by atoms with van der Waals surface area (Å²) >= 11 is 0. The molecule has 1 unspecified atom stereocenters. The van der Waals surface area contributed by atoms with Crippen molar-refractivity contribution >= 4 is 6.09 Å². The molecule has 4 rings (SSSR count). The third-order valence-electron chi connectivity index (χ3n) is 6.01. The van der Waals surface area contributed by atoms with Crippen molar-refractivity contribution < 1.29 is 9.90 Å². The lowest BCUT2D eigenvalue weighted by atomic mass is 9.76. The number of rotatable bonds is 3. The molecule has 3 nitrogen and oxygen atoms in total. The molecule has 0 bridgehead atoms. The molecule has 25 heavy (non-hydrogen) atoms. The number of hydrogen-bond donors (Lipinski definition) is 2. The van der Waals surface area contributed by atoms with Gasteiger partial charge in [0, 0.05) is 0 Å². The van der Waals surface area contributed by atoms with Gasteiger partial charge in [0.15, 0.2) is 0 Å². The quantitative estimate of drug-likeness (QED) is 0.777. The van der Waals surface area contributed by atoms with Gasteiger partial charge in [0.1, 0.15) is 0 Å². The van der Waals surface area contributed by atoms with Gasteiger partial charge in [-0.25, -0.2) is 4.79 Å². The molecule has 2 aromatic rings. The molecule has 130 valence electrons. The fraction of sp³-hybridized carbons (Fsp3) is 0.409. The highest BCUT2D eigenvalue weighted by Crippen LogP contribution is 2.60. The molecule has 2 aliphatic rings. The Balaban J connectivity index is 1.71. The van der Waals surface area contributed by atoms with Gasteiger partial charge in [-0.1, -0.05) is 56.3 Å². The van der Waals surface area contributed by atoms with E-state index >= 15 is 0 Å². The van der Waals surface area contributed by atoms with Crippen molar-refractivity contribution in [3.8, 4) is 11.1 Å². The van der Waals surface area contributed by atoms with Gasteiger partial charge in [0.2, 0.25) is 0 Å². The smallest absolute Gasteiger partial charge is 0.405 e. The van der Waals surface area contributed by atoms with E-state index in [0.717, 1.165) is 25.7 Å². The van der Waals surface area contributed by atoms with Crippen LogP contribution in [0.3, 0.4) is 0 Å². The summed E-state index contributed by atoms with van der Waals surface area (Å²) in [6.07, 6.45) is 3.48. The second-order valence-corrected chi connectivity index (χ2v) is 7.94. The number of amides is 1. The van der Waals surface area contributed by atoms with Crippen molar-refractivity contribution in [1.82, 2.24) is 5.32 Å². The molecule has 2 N–H and O–H groups in total. The molecule has 0 aliphatic heterocycles. The average molecular weight is 335 g/mol. The van der Waals surface area contributed by atoms with E-state index in [0.29, 0.717) is 5.92 Å². The van der Waals surface area contributed by atoms with Crippen LogP contribution >= 0.6 is 0 Å². The zero-order chi connectivity index (χ0) is 17.6. The first-order valence-electron chi connectivity index (χ1n) is 9.21. The van der Waals surface area contributed by atoms with Crippen LogP contribution in [0.25, 0.3) is 11.1 Å². The Labute approximate surface area is 149 Å². The highest BCUT2D eigenvalue weighted by molar-refractivity contribution is 5.68. The summed E-state index contributed by atoms with van der Waals surface area (Å²) in [6, 6.07) is 15.2. The van der Waals surface area contributed by atoms with E-state index in [1.165, 1.54) is 27.8 Å². The van der Waals surface area contributed by atoms with E-state index in [-0.39, 0.29) is 11.5 Å². The molecule has 1 saturated carbocycles. The summed E-state index contributed by atoms with van der Waals surface area (Å²) in [6.45, 7) is 4.42. The third-order valence-corrected chi connectivity index (χ3v) is 6.01. The van der Waals surface area contributed by atoms with Crippen LogP contribution in [0.1, 0.15) is 61.8 Å². The van der Waals surface area contributed by atoms with Crippen LogP contribution < -0.4 is 5.32 Å². The molecular formula is C22H25NO2. The maximum absolute atomic E-state index is 11.3. The van der Waals surface area contributed by atoms with E-state index in [4.69, 9.17) is 0 Å². The van der Waals surface area contributed by atoms with Crippen LogP contribution in [-0.4, -0.2) is 11.2 Å². The van der Waals surface area contributed by atoms with Gasteiger partial charge < -0.3 is 10.4 Å². The summed E-state index contributed by atoms with van der Waals surface area (Å²) in [5.74, 6) is 0.511. The normalized spacial score (nSPS) is 20.4.